The maximum atomic E-state index is 11.0. The molecule has 0 unspecified atom stereocenters. The number of hydrogen-bond acceptors (Lipinski definition) is 2. The molecule has 1 amide bonds. The van der Waals surface area contributed by atoms with Gasteiger partial charge in [-0.1, -0.05) is 30.3 Å². The number of ether oxygens (including phenoxy) is 1. The molecule has 70 valence electrons. The minimum Gasteiger partial charge on any atom is -0.444 e. The van der Waals surface area contributed by atoms with Crippen LogP contribution in [0.15, 0.2) is 30.3 Å². The molecule has 0 aliphatic heterocycles. The number of amides is 1. The van der Waals surface area contributed by atoms with Gasteiger partial charge in [-0.2, -0.15) is 0 Å². The Bertz CT molecular complexity index is 274. The number of hydrogen-bond donors (Lipinski definition) is 0. The van der Waals surface area contributed by atoms with Crippen molar-refractivity contribution in [2.75, 3.05) is 7.05 Å². The first-order chi connectivity index (χ1) is 6.20. The van der Waals surface area contributed by atoms with Crippen molar-refractivity contribution in [1.29, 1.82) is 0 Å². The van der Waals surface area contributed by atoms with E-state index >= 15 is 0 Å². The average Bonchev–Trinajstić information content (AvgIpc) is 2.15. The summed E-state index contributed by atoms with van der Waals surface area (Å²) < 4.78 is 6.15. The molecule has 0 spiro atoms. The average molecular weight is 244 g/mol. The summed E-state index contributed by atoms with van der Waals surface area (Å²) in [5.41, 5.74) is 0.977. The second-order valence-corrected chi connectivity index (χ2v) is 3.58. The molecule has 0 bridgehead atoms. The van der Waals surface area contributed by atoms with Crippen LogP contribution in [0.3, 0.4) is 0 Å². The Hall–Kier alpha value is -1.03. The number of nitrogens with zero attached hydrogens (tertiary/aromatic N) is 1. The van der Waals surface area contributed by atoms with Gasteiger partial charge in [-0.15, -0.1) is 0 Å². The second-order valence-electron chi connectivity index (χ2n) is 2.52. The van der Waals surface area contributed by atoms with Crippen molar-refractivity contribution in [3.8, 4) is 0 Å². The first-order valence-corrected chi connectivity index (χ1v) is 4.51. The maximum absolute atomic E-state index is 11.0. The Morgan fingerprint density at radius 2 is 2.08 bits per heavy atom. The lowest BCUT2D eigenvalue weighted by molar-refractivity contribution is 0.127. The monoisotopic (exact) mass is 243 g/mol. The van der Waals surface area contributed by atoms with Gasteiger partial charge in [-0.25, -0.2) is 8.72 Å². The lowest BCUT2D eigenvalue weighted by atomic mass is 10.2. The highest BCUT2D eigenvalue weighted by molar-refractivity contribution is 9.07. The third kappa shape index (κ3) is 3.46. The van der Waals surface area contributed by atoms with E-state index < -0.39 is 6.09 Å². The first kappa shape index (κ1) is 10.1. The van der Waals surface area contributed by atoms with Gasteiger partial charge >= 0.3 is 6.09 Å². The highest BCUT2D eigenvalue weighted by Crippen LogP contribution is 2.03. The van der Waals surface area contributed by atoms with Crippen LogP contribution in [0.2, 0.25) is 0 Å². The number of rotatable bonds is 2. The summed E-state index contributed by atoms with van der Waals surface area (Å²) >= 11 is 2.97. The molecule has 1 aromatic carbocycles. The van der Waals surface area contributed by atoms with Crippen molar-refractivity contribution >= 4 is 22.2 Å². The third-order valence-electron chi connectivity index (χ3n) is 1.46. The minimum absolute atomic E-state index is 0.301. The summed E-state index contributed by atoms with van der Waals surface area (Å²) in [4.78, 5) is 11.0. The van der Waals surface area contributed by atoms with Crippen LogP contribution in [0.1, 0.15) is 5.56 Å². The third-order valence-corrected chi connectivity index (χ3v) is 1.75. The van der Waals surface area contributed by atoms with E-state index in [4.69, 9.17) is 4.74 Å². The van der Waals surface area contributed by atoms with Gasteiger partial charge in [0.25, 0.3) is 0 Å². The Kier molecular flexibility index (Phi) is 3.76. The van der Waals surface area contributed by atoms with Gasteiger partial charge in [0, 0.05) is 7.05 Å². The number of benzene rings is 1. The molecule has 4 heteroatoms. The lowest BCUT2D eigenvalue weighted by Gasteiger charge is -2.08. The molecule has 0 atom stereocenters. The summed E-state index contributed by atoms with van der Waals surface area (Å²) in [6, 6.07) is 9.53. The first-order valence-electron chi connectivity index (χ1n) is 3.80. The van der Waals surface area contributed by atoms with Gasteiger partial charge in [-0.3, -0.25) is 0 Å². The fourth-order valence-electron chi connectivity index (χ4n) is 0.808. The molecule has 1 aromatic rings. The van der Waals surface area contributed by atoms with Crippen LogP contribution < -0.4 is 0 Å². The van der Waals surface area contributed by atoms with E-state index in [2.05, 4.69) is 16.1 Å². The number of halogens is 1. The van der Waals surface area contributed by atoms with Crippen LogP contribution in [-0.4, -0.2) is 17.1 Å². The van der Waals surface area contributed by atoms with Gasteiger partial charge in [-0.05, 0) is 5.56 Å². The van der Waals surface area contributed by atoms with E-state index in [1.165, 1.54) is 3.93 Å². The number of carbonyl (C=O) groups excluding carboxylic acids is 1. The predicted molar refractivity (Wildman–Crippen MR) is 53.3 cm³/mol. The number of carbonyl (C=O) groups is 1. The summed E-state index contributed by atoms with van der Waals surface area (Å²) in [6.07, 6.45) is -0.399. The molecule has 0 saturated heterocycles. The molecule has 0 aliphatic carbocycles. The fourth-order valence-corrected chi connectivity index (χ4v) is 0.911. The Morgan fingerprint density at radius 3 is 2.62 bits per heavy atom. The zero-order valence-electron chi connectivity index (χ0n) is 7.24. The lowest BCUT2D eigenvalue weighted by Crippen LogP contribution is -2.16. The topological polar surface area (TPSA) is 29.5 Å². The van der Waals surface area contributed by atoms with Crippen molar-refractivity contribution < 1.29 is 9.53 Å². The highest BCUT2D eigenvalue weighted by Gasteiger charge is 2.05. The van der Waals surface area contributed by atoms with Gasteiger partial charge < -0.3 is 4.74 Å². The van der Waals surface area contributed by atoms with Crippen LogP contribution in [0.5, 0.6) is 0 Å². The summed E-state index contributed by atoms with van der Waals surface area (Å²) in [6.45, 7) is 0.301. The van der Waals surface area contributed by atoms with Crippen molar-refractivity contribution in [3.05, 3.63) is 35.9 Å². The maximum Gasteiger partial charge on any atom is 0.419 e. The van der Waals surface area contributed by atoms with E-state index in [9.17, 15) is 4.79 Å². The molecular weight excluding hydrogens is 234 g/mol. The Labute approximate surface area is 85.6 Å². The zero-order chi connectivity index (χ0) is 9.68. The van der Waals surface area contributed by atoms with E-state index in [0.717, 1.165) is 5.56 Å². The molecule has 0 saturated carbocycles. The van der Waals surface area contributed by atoms with Crippen molar-refractivity contribution in [1.82, 2.24) is 3.93 Å². The van der Waals surface area contributed by atoms with E-state index in [1.54, 1.807) is 7.05 Å². The molecule has 0 radical (unpaired) electrons. The van der Waals surface area contributed by atoms with Crippen molar-refractivity contribution in [2.45, 2.75) is 6.61 Å². The normalized spacial score (nSPS) is 9.38. The van der Waals surface area contributed by atoms with Gasteiger partial charge in [0.1, 0.15) is 6.61 Å². The molecule has 1 rings (SSSR count). The Morgan fingerprint density at radius 1 is 1.46 bits per heavy atom. The quantitative estimate of drug-likeness (QED) is 0.748. The molecular formula is C9H10BrNO2. The van der Waals surface area contributed by atoms with E-state index in [1.807, 2.05) is 30.3 Å². The Balaban J connectivity index is 2.40. The minimum atomic E-state index is -0.399. The molecule has 3 nitrogen and oxygen atoms in total. The van der Waals surface area contributed by atoms with Crippen LogP contribution in [-0.2, 0) is 11.3 Å². The summed E-state index contributed by atoms with van der Waals surface area (Å²) in [7, 11) is 1.58. The highest BCUT2D eigenvalue weighted by atomic mass is 79.9. The summed E-state index contributed by atoms with van der Waals surface area (Å²) in [5.74, 6) is 0. The molecule has 0 N–H and O–H groups in total. The van der Waals surface area contributed by atoms with Crippen molar-refractivity contribution in [2.24, 2.45) is 0 Å². The predicted octanol–water partition coefficient (Wildman–Crippen LogP) is 2.56. The van der Waals surface area contributed by atoms with Gasteiger partial charge in [0.05, 0.1) is 16.1 Å². The van der Waals surface area contributed by atoms with Crippen LogP contribution >= 0.6 is 16.1 Å². The van der Waals surface area contributed by atoms with Crippen LogP contribution in [0.4, 0.5) is 4.79 Å². The fraction of sp³-hybridized carbons (Fsp3) is 0.222. The molecule has 0 fully saturated rings. The van der Waals surface area contributed by atoms with E-state index in [0.29, 0.717) is 6.61 Å². The largest absolute Gasteiger partial charge is 0.444 e. The van der Waals surface area contributed by atoms with Crippen molar-refractivity contribution in [3.63, 3.8) is 0 Å². The molecule has 0 heterocycles. The smallest absolute Gasteiger partial charge is 0.419 e. The summed E-state index contributed by atoms with van der Waals surface area (Å²) in [5, 5.41) is 0. The van der Waals surface area contributed by atoms with Gasteiger partial charge in [0.15, 0.2) is 0 Å². The molecule has 0 aliphatic rings. The van der Waals surface area contributed by atoms with Gasteiger partial charge in [0.2, 0.25) is 0 Å². The molecule has 0 aromatic heterocycles. The SMILES string of the molecule is CN(Br)C(=O)OCc1ccccc1. The van der Waals surface area contributed by atoms with E-state index in [-0.39, 0.29) is 0 Å². The van der Waals surface area contributed by atoms with Crippen LogP contribution in [0.25, 0.3) is 0 Å². The molecule has 13 heavy (non-hydrogen) atoms. The second kappa shape index (κ2) is 4.87. The standard InChI is InChI=1S/C9H10BrNO2/c1-11(10)9(12)13-7-8-5-3-2-4-6-8/h2-6H,7H2,1H3. The zero-order valence-corrected chi connectivity index (χ0v) is 8.82. The van der Waals surface area contributed by atoms with Crippen LogP contribution in [0, 0.1) is 0 Å².